The quantitative estimate of drug-likeness (QED) is 0.813. The predicted molar refractivity (Wildman–Crippen MR) is 79.9 cm³/mol. The van der Waals surface area contributed by atoms with Crippen molar-refractivity contribution in [2.75, 3.05) is 0 Å². The van der Waals surface area contributed by atoms with Gasteiger partial charge < -0.3 is 9.73 Å². The molecule has 3 heteroatoms. The summed E-state index contributed by atoms with van der Waals surface area (Å²) < 4.78 is 5.24. The van der Waals surface area contributed by atoms with Gasteiger partial charge in [-0.25, -0.2) is 0 Å². The fraction of sp³-hybridized carbons (Fsp3) is 0.353. The van der Waals surface area contributed by atoms with E-state index in [0.29, 0.717) is 12.5 Å². The molecule has 0 aliphatic rings. The summed E-state index contributed by atoms with van der Waals surface area (Å²) in [5.41, 5.74) is 1.99. The van der Waals surface area contributed by atoms with Crippen LogP contribution in [-0.4, -0.2) is 11.8 Å². The van der Waals surface area contributed by atoms with Crippen LogP contribution in [0.5, 0.6) is 0 Å². The zero-order valence-corrected chi connectivity index (χ0v) is 12.2. The van der Waals surface area contributed by atoms with Gasteiger partial charge in [0.1, 0.15) is 5.76 Å². The molecule has 2 aromatic rings. The van der Waals surface area contributed by atoms with Crippen LogP contribution in [0.2, 0.25) is 0 Å². The van der Waals surface area contributed by atoms with Crippen molar-refractivity contribution in [1.29, 1.82) is 0 Å². The Morgan fingerprint density at radius 2 is 1.85 bits per heavy atom. The summed E-state index contributed by atoms with van der Waals surface area (Å²) in [7, 11) is 0. The normalized spacial score (nSPS) is 12.6. The van der Waals surface area contributed by atoms with E-state index in [9.17, 15) is 4.79 Å². The second-order valence-corrected chi connectivity index (χ2v) is 5.32. The maximum absolute atomic E-state index is 12.3. The minimum Gasteiger partial charge on any atom is -0.468 e. The summed E-state index contributed by atoms with van der Waals surface area (Å²) in [6.45, 7) is 6.72. The second-order valence-electron chi connectivity index (χ2n) is 5.32. The van der Waals surface area contributed by atoms with E-state index in [2.05, 4.69) is 19.2 Å². The highest BCUT2D eigenvalue weighted by Crippen LogP contribution is 2.15. The minimum atomic E-state index is -0.231. The number of hydrogen-bond donors (Lipinski definition) is 1. The van der Waals surface area contributed by atoms with Crippen LogP contribution >= 0.6 is 0 Å². The molecule has 106 valence electrons. The third-order valence-electron chi connectivity index (χ3n) is 3.42. The molecule has 0 radical (unpaired) electrons. The maximum Gasteiger partial charge on any atom is 0.179 e. The van der Waals surface area contributed by atoms with Gasteiger partial charge in [-0.2, -0.15) is 0 Å². The molecule has 1 atom stereocenters. The number of nitrogens with one attached hydrogen (secondary N) is 1. The van der Waals surface area contributed by atoms with Gasteiger partial charge in [-0.1, -0.05) is 38.1 Å². The lowest BCUT2D eigenvalue weighted by Crippen LogP contribution is -2.33. The lowest BCUT2D eigenvalue weighted by Gasteiger charge is -2.12. The molecule has 1 aromatic carbocycles. The number of hydrogen-bond acceptors (Lipinski definition) is 3. The Morgan fingerprint density at radius 1 is 1.15 bits per heavy atom. The number of carbonyl (C=O) groups excluding carboxylic acids is 1. The van der Waals surface area contributed by atoms with Gasteiger partial charge in [0.2, 0.25) is 0 Å². The maximum atomic E-state index is 12.3. The van der Waals surface area contributed by atoms with Crippen LogP contribution in [0.4, 0.5) is 0 Å². The summed E-state index contributed by atoms with van der Waals surface area (Å²) >= 11 is 0. The number of Topliss-reactive ketones (excluding diaryl/α,β-unsaturated/α-hetero) is 1. The van der Waals surface area contributed by atoms with Crippen LogP contribution in [0, 0.1) is 0 Å². The number of benzene rings is 1. The molecule has 1 heterocycles. The number of furan rings is 1. The monoisotopic (exact) mass is 271 g/mol. The summed E-state index contributed by atoms with van der Waals surface area (Å²) in [6, 6.07) is 11.4. The van der Waals surface area contributed by atoms with E-state index in [4.69, 9.17) is 4.42 Å². The molecule has 0 aliphatic heterocycles. The summed E-state index contributed by atoms with van der Waals surface area (Å²) in [4.78, 5) is 12.3. The molecule has 1 N–H and O–H groups in total. The molecular formula is C17H21NO2. The Hall–Kier alpha value is -1.87. The molecule has 3 nitrogen and oxygen atoms in total. The van der Waals surface area contributed by atoms with Crippen LogP contribution < -0.4 is 5.32 Å². The van der Waals surface area contributed by atoms with Crippen LogP contribution in [-0.2, 0) is 6.54 Å². The number of rotatable bonds is 6. The van der Waals surface area contributed by atoms with Gasteiger partial charge in [0.15, 0.2) is 5.78 Å². The Morgan fingerprint density at radius 3 is 2.40 bits per heavy atom. The number of ketones is 1. The highest BCUT2D eigenvalue weighted by atomic mass is 16.3. The first-order chi connectivity index (χ1) is 9.58. The molecule has 0 fully saturated rings. The van der Waals surface area contributed by atoms with Crippen molar-refractivity contribution < 1.29 is 9.21 Å². The van der Waals surface area contributed by atoms with Crippen LogP contribution in [0.15, 0.2) is 47.1 Å². The standard InChI is InChI=1S/C17H21NO2/c1-12(2)14-6-8-15(9-7-14)17(19)13(3)18-11-16-5-4-10-20-16/h4-10,12-13,18H,11H2,1-3H3. The molecule has 2 rings (SSSR count). The van der Waals surface area contributed by atoms with Gasteiger partial charge in [0.05, 0.1) is 18.8 Å². The van der Waals surface area contributed by atoms with Gasteiger partial charge >= 0.3 is 0 Å². The Balaban J connectivity index is 1.95. The molecule has 0 saturated carbocycles. The van der Waals surface area contributed by atoms with Crippen molar-refractivity contribution in [2.45, 2.75) is 39.3 Å². The van der Waals surface area contributed by atoms with Gasteiger partial charge in [0, 0.05) is 5.56 Å². The molecule has 0 saturated heterocycles. The van der Waals surface area contributed by atoms with Gasteiger partial charge in [-0.05, 0) is 30.5 Å². The van der Waals surface area contributed by atoms with Crippen molar-refractivity contribution in [3.05, 3.63) is 59.5 Å². The fourth-order valence-corrected chi connectivity index (χ4v) is 2.04. The first kappa shape index (κ1) is 14.5. The Kier molecular flexibility index (Phi) is 4.74. The van der Waals surface area contributed by atoms with Crippen LogP contribution in [0.1, 0.15) is 48.4 Å². The minimum absolute atomic E-state index is 0.104. The molecule has 0 aliphatic carbocycles. The van der Waals surface area contributed by atoms with Crippen molar-refractivity contribution in [3.8, 4) is 0 Å². The smallest absolute Gasteiger partial charge is 0.179 e. The molecule has 1 aromatic heterocycles. The molecule has 20 heavy (non-hydrogen) atoms. The van der Waals surface area contributed by atoms with E-state index in [1.807, 2.05) is 43.3 Å². The van der Waals surface area contributed by atoms with E-state index in [1.165, 1.54) is 5.56 Å². The molecule has 0 spiro atoms. The first-order valence-electron chi connectivity index (χ1n) is 6.98. The molecular weight excluding hydrogens is 250 g/mol. The second kappa shape index (κ2) is 6.53. The van der Waals surface area contributed by atoms with Crippen molar-refractivity contribution in [1.82, 2.24) is 5.32 Å². The van der Waals surface area contributed by atoms with E-state index >= 15 is 0 Å². The summed E-state index contributed by atoms with van der Waals surface area (Å²) in [5, 5.41) is 3.18. The SMILES string of the molecule is CC(NCc1ccco1)C(=O)c1ccc(C(C)C)cc1. The average Bonchev–Trinajstić information content (AvgIpc) is 2.97. The van der Waals surface area contributed by atoms with E-state index in [0.717, 1.165) is 11.3 Å². The van der Waals surface area contributed by atoms with Crippen molar-refractivity contribution >= 4 is 5.78 Å². The lowest BCUT2D eigenvalue weighted by molar-refractivity contribution is 0.0949. The van der Waals surface area contributed by atoms with Crippen LogP contribution in [0.3, 0.4) is 0 Å². The van der Waals surface area contributed by atoms with Gasteiger partial charge in [0.25, 0.3) is 0 Å². The zero-order valence-electron chi connectivity index (χ0n) is 12.2. The summed E-state index contributed by atoms with van der Waals surface area (Å²) in [5.74, 6) is 1.42. The first-order valence-corrected chi connectivity index (χ1v) is 6.98. The van der Waals surface area contributed by atoms with Crippen molar-refractivity contribution in [3.63, 3.8) is 0 Å². The third kappa shape index (κ3) is 3.58. The van der Waals surface area contributed by atoms with Crippen LogP contribution in [0.25, 0.3) is 0 Å². The summed E-state index contributed by atoms with van der Waals surface area (Å²) in [6.07, 6.45) is 1.63. The van der Waals surface area contributed by atoms with Crippen molar-refractivity contribution in [2.24, 2.45) is 0 Å². The molecule has 0 bridgehead atoms. The zero-order chi connectivity index (χ0) is 14.5. The topological polar surface area (TPSA) is 42.2 Å². The lowest BCUT2D eigenvalue weighted by atomic mass is 9.99. The van der Waals surface area contributed by atoms with E-state index in [-0.39, 0.29) is 11.8 Å². The van der Waals surface area contributed by atoms with E-state index < -0.39 is 0 Å². The highest BCUT2D eigenvalue weighted by molar-refractivity contribution is 5.99. The number of carbonyl (C=O) groups is 1. The van der Waals surface area contributed by atoms with Gasteiger partial charge in [-0.3, -0.25) is 4.79 Å². The Labute approximate surface area is 120 Å². The largest absolute Gasteiger partial charge is 0.468 e. The van der Waals surface area contributed by atoms with E-state index in [1.54, 1.807) is 6.26 Å². The average molecular weight is 271 g/mol. The Bertz CT molecular complexity index is 541. The molecule has 0 amide bonds. The third-order valence-corrected chi connectivity index (χ3v) is 3.42. The molecule has 1 unspecified atom stereocenters. The highest BCUT2D eigenvalue weighted by Gasteiger charge is 2.15. The van der Waals surface area contributed by atoms with Gasteiger partial charge in [-0.15, -0.1) is 0 Å². The predicted octanol–water partition coefficient (Wildman–Crippen LogP) is 3.76. The fourth-order valence-electron chi connectivity index (χ4n) is 2.04.